The van der Waals surface area contributed by atoms with Crippen molar-refractivity contribution in [2.45, 2.75) is 32.9 Å². The van der Waals surface area contributed by atoms with Gasteiger partial charge in [0.15, 0.2) is 0 Å². The van der Waals surface area contributed by atoms with Crippen molar-refractivity contribution < 1.29 is 4.74 Å². The van der Waals surface area contributed by atoms with Gasteiger partial charge < -0.3 is 10.1 Å². The van der Waals surface area contributed by atoms with Crippen LogP contribution in [0.25, 0.3) is 0 Å². The number of ether oxygens (including phenoxy) is 1. The molecule has 0 atom stereocenters. The first-order chi connectivity index (χ1) is 11.2. The molecule has 3 nitrogen and oxygen atoms in total. The van der Waals surface area contributed by atoms with Gasteiger partial charge in [0.25, 0.3) is 0 Å². The second kappa shape index (κ2) is 7.51. The minimum atomic E-state index is 0.536. The van der Waals surface area contributed by atoms with Crippen LogP contribution in [-0.2, 0) is 13.0 Å². The first-order valence-corrected chi connectivity index (χ1v) is 8.50. The van der Waals surface area contributed by atoms with Crippen LogP contribution >= 0.6 is 0 Å². The second-order valence-corrected chi connectivity index (χ2v) is 6.41. The molecule has 0 radical (unpaired) electrons. The van der Waals surface area contributed by atoms with Crippen LogP contribution in [-0.4, -0.2) is 30.6 Å². The monoisotopic (exact) mass is 310 g/mol. The molecule has 0 bridgehead atoms. The van der Waals surface area contributed by atoms with Crippen LogP contribution in [0, 0.1) is 0 Å². The quantitative estimate of drug-likeness (QED) is 0.874. The summed E-state index contributed by atoms with van der Waals surface area (Å²) in [5.41, 5.74) is 3.87. The third kappa shape index (κ3) is 4.26. The van der Waals surface area contributed by atoms with E-state index in [1.807, 2.05) is 0 Å². The van der Waals surface area contributed by atoms with Gasteiger partial charge in [-0.3, -0.25) is 4.90 Å². The van der Waals surface area contributed by atoms with E-state index < -0.39 is 0 Å². The molecule has 1 heterocycles. The van der Waals surface area contributed by atoms with Gasteiger partial charge >= 0.3 is 0 Å². The molecule has 23 heavy (non-hydrogen) atoms. The molecule has 1 N–H and O–H groups in total. The van der Waals surface area contributed by atoms with Crippen LogP contribution in [0.1, 0.15) is 25.0 Å². The zero-order valence-electron chi connectivity index (χ0n) is 14.1. The van der Waals surface area contributed by atoms with E-state index in [1.165, 1.54) is 11.1 Å². The van der Waals surface area contributed by atoms with E-state index in [0.717, 1.165) is 44.1 Å². The number of nitrogens with zero attached hydrogens (tertiary/aromatic N) is 1. The van der Waals surface area contributed by atoms with E-state index in [4.69, 9.17) is 4.74 Å². The maximum atomic E-state index is 5.65. The van der Waals surface area contributed by atoms with Gasteiger partial charge in [0.05, 0.1) is 5.69 Å². The summed E-state index contributed by atoms with van der Waals surface area (Å²) in [4.78, 5) is 2.53. The van der Waals surface area contributed by atoms with Crippen molar-refractivity contribution in [1.82, 2.24) is 4.90 Å². The van der Waals surface area contributed by atoms with Crippen LogP contribution in [0.5, 0.6) is 5.75 Å². The molecular formula is C20H26N2O. The fraction of sp³-hybridized carbons (Fsp3) is 0.400. The van der Waals surface area contributed by atoms with Crippen molar-refractivity contribution in [1.29, 1.82) is 0 Å². The predicted molar refractivity (Wildman–Crippen MR) is 96.1 cm³/mol. The van der Waals surface area contributed by atoms with Crippen molar-refractivity contribution in [3.05, 3.63) is 59.7 Å². The summed E-state index contributed by atoms with van der Waals surface area (Å²) in [6, 6.07) is 17.8. The lowest BCUT2D eigenvalue weighted by Crippen LogP contribution is -2.32. The number of nitrogens with one attached hydrogen (secondary N) is 1. The molecule has 3 heteroatoms. The highest BCUT2D eigenvalue weighted by Gasteiger charge is 2.13. The topological polar surface area (TPSA) is 24.5 Å². The Bertz CT molecular complexity index is 625. The van der Waals surface area contributed by atoms with Gasteiger partial charge in [-0.15, -0.1) is 0 Å². The van der Waals surface area contributed by atoms with Gasteiger partial charge in [-0.2, -0.15) is 0 Å². The Morgan fingerprint density at radius 1 is 1.09 bits per heavy atom. The van der Waals surface area contributed by atoms with Crippen molar-refractivity contribution in [2.75, 3.05) is 25.0 Å². The first-order valence-electron chi connectivity index (χ1n) is 8.50. The normalized spacial score (nSPS) is 13.6. The Hall–Kier alpha value is -2.00. The van der Waals surface area contributed by atoms with Gasteiger partial charge in [0.2, 0.25) is 0 Å². The SMILES string of the molecule is CC(C)N(CCc1ccc2c(c1)NCCO2)Cc1ccccc1. The van der Waals surface area contributed by atoms with Gasteiger partial charge in [-0.1, -0.05) is 36.4 Å². The van der Waals surface area contributed by atoms with E-state index in [0.29, 0.717) is 6.04 Å². The van der Waals surface area contributed by atoms with E-state index in [2.05, 4.69) is 72.6 Å². The zero-order valence-corrected chi connectivity index (χ0v) is 14.1. The van der Waals surface area contributed by atoms with Gasteiger partial charge in [0.1, 0.15) is 12.4 Å². The van der Waals surface area contributed by atoms with Crippen molar-refractivity contribution in [3.8, 4) is 5.75 Å². The minimum absolute atomic E-state index is 0.536. The lowest BCUT2D eigenvalue weighted by molar-refractivity contribution is 0.215. The fourth-order valence-corrected chi connectivity index (χ4v) is 2.95. The maximum Gasteiger partial charge on any atom is 0.142 e. The van der Waals surface area contributed by atoms with Crippen molar-refractivity contribution in [2.24, 2.45) is 0 Å². The molecule has 0 unspecified atom stereocenters. The average Bonchev–Trinajstić information content (AvgIpc) is 2.59. The summed E-state index contributed by atoms with van der Waals surface area (Å²) in [5, 5.41) is 3.41. The number of benzene rings is 2. The average molecular weight is 310 g/mol. The van der Waals surface area contributed by atoms with Gasteiger partial charge in [0, 0.05) is 25.7 Å². The number of rotatable bonds is 6. The predicted octanol–water partition coefficient (Wildman–Crippen LogP) is 3.94. The van der Waals surface area contributed by atoms with Crippen molar-refractivity contribution in [3.63, 3.8) is 0 Å². The second-order valence-electron chi connectivity index (χ2n) is 6.41. The smallest absolute Gasteiger partial charge is 0.142 e. The number of hydrogen-bond acceptors (Lipinski definition) is 3. The van der Waals surface area contributed by atoms with E-state index in [-0.39, 0.29) is 0 Å². The summed E-state index contributed by atoms with van der Waals surface area (Å²) in [7, 11) is 0. The van der Waals surface area contributed by atoms with E-state index >= 15 is 0 Å². The minimum Gasteiger partial charge on any atom is -0.490 e. The lowest BCUT2D eigenvalue weighted by atomic mass is 10.1. The molecule has 0 fully saturated rings. The molecule has 1 aliphatic heterocycles. The summed E-state index contributed by atoms with van der Waals surface area (Å²) in [6.07, 6.45) is 1.06. The molecule has 0 saturated carbocycles. The fourth-order valence-electron chi connectivity index (χ4n) is 2.95. The largest absolute Gasteiger partial charge is 0.490 e. The molecule has 0 amide bonds. The highest BCUT2D eigenvalue weighted by molar-refractivity contribution is 5.59. The number of anilines is 1. The molecule has 0 aliphatic carbocycles. The molecule has 1 aliphatic rings. The summed E-state index contributed by atoms with van der Waals surface area (Å²) >= 11 is 0. The highest BCUT2D eigenvalue weighted by Crippen LogP contribution is 2.28. The summed E-state index contributed by atoms with van der Waals surface area (Å²) in [6.45, 7) is 8.25. The third-order valence-corrected chi connectivity index (χ3v) is 4.37. The molecule has 0 saturated heterocycles. The molecule has 0 spiro atoms. The Balaban J connectivity index is 1.62. The van der Waals surface area contributed by atoms with Crippen molar-refractivity contribution >= 4 is 5.69 Å². The molecule has 3 rings (SSSR count). The third-order valence-electron chi connectivity index (χ3n) is 4.37. The zero-order chi connectivity index (χ0) is 16.1. The molecule has 2 aromatic rings. The Morgan fingerprint density at radius 2 is 1.91 bits per heavy atom. The van der Waals surface area contributed by atoms with E-state index in [1.54, 1.807) is 0 Å². The summed E-state index contributed by atoms with van der Waals surface area (Å²) in [5.74, 6) is 0.977. The molecule has 122 valence electrons. The van der Waals surface area contributed by atoms with Crippen LogP contribution in [0.4, 0.5) is 5.69 Å². The van der Waals surface area contributed by atoms with E-state index in [9.17, 15) is 0 Å². The molecule has 0 aromatic heterocycles. The summed E-state index contributed by atoms with van der Waals surface area (Å²) < 4.78 is 5.65. The number of hydrogen-bond donors (Lipinski definition) is 1. The molecular weight excluding hydrogens is 284 g/mol. The highest BCUT2D eigenvalue weighted by atomic mass is 16.5. The Morgan fingerprint density at radius 3 is 2.70 bits per heavy atom. The van der Waals surface area contributed by atoms with Crippen LogP contribution in [0.3, 0.4) is 0 Å². The first kappa shape index (κ1) is 15.9. The number of fused-ring (bicyclic) bond motifs is 1. The van der Waals surface area contributed by atoms with Crippen LogP contribution in [0.2, 0.25) is 0 Å². The van der Waals surface area contributed by atoms with Gasteiger partial charge in [-0.05, 0) is 43.5 Å². The Labute approximate surface area is 139 Å². The van der Waals surface area contributed by atoms with Crippen LogP contribution < -0.4 is 10.1 Å². The van der Waals surface area contributed by atoms with Gasteiger partial charge in [-0.25, -0.2) is 0 Å². The maximum absolute atomic E-state index is 5.65. The standard InChI is InChI=1S/C20H26N2O/c1-16(2)22(15-18-6-4-3-5-7-18)12-10-17-8-9-20-19(14-17)21-11-13-23-20/h3-9,14,16,21H,10-13,15H2,1-2H3. The lowest BCUT2D eigenvalue weighted by Gasteiger charge is -2.27. The molecule has 2 aromatic carbocycles. The Kier molecular flexibility index (Phi) is 5.19. The van der Waals surface area contributed by atoms with Crippen LogP contribution in [0.15, 0.2) is 48.5 Å².